The lowest BCUT2D eigenvalue weighted by molar-refractivity contribution is -0.270. The Kier molecular flexibility index (Phi) is 6.76. The van der Waals surface area contributed by atoms with E-state index in [1.807, 2.05) is 24.3 Å². The van der Waals surface area contributed by atoms with Crippen LogP contribution in [0.2, 0.25) is 18.1 Å². The van der Waals surface area contributed by atoms with E-state index in [0.29, 0.717) is 6.61 Å². The number of epoxide rings is 1. The first-order chi connectivity index (χ1) is 15.0. The summed E-state index contributed by atoms with van der Waals surface area (Å²) in [7, 11) is -1.96. The molecule has 3 aliphatic rings. The Morgan fingerprint density at radius 3 is 2.47 bits per heavy atom. The fourth-order valence-electron chi connectivity index (χ4n) is 4.41. The zero-order valence-corrected chi connectivity index (χ0v) is 21.5. The lowest BCUT2D eigenvalue weighted by Gasteiger charge is -2.41. The molecule has 5 nitrogen and oxygen atoms in total. The Morgan fingerprint density at radius 1 is 1.12 bits per heavy atom. The van der Waals surface area contributed by atoms with Crippen molar-refractivity contribution in [2.24, 2.45) is 0 Å². The van der Waals surface area contributed by atoms with Crippen molar-refractivity contribution in [2.75, 3.05) is 6.61 Å². The average Bonchev–Trinajstić information content (AvgIpc) is 3.44. The van der Waals surface area contributed by atoms with E-state index in [0.717, 1.165) is 24.8 Å². The molecule has 0 aliphatic carbocycles. The van der Waals surface area contributed by atoms with Gasteiger partial charge in [0.1, 0.15) is 11.7 Å². The van der Waals surface area contributed by atoms with Gasteiger partial charge >= 0.3 is 0 Å². The van der Waals surface area contributed by atoms with Gasteiger partial charge in [-0.3, -0.25) is 0 Å². The van der Waals surface area contributed by atoms with E-state index in [2.05, 4.69) is 59.5 Å². The fraction of sp³-hybridized carbons (Fsp3) is 0.692. The van der Waals surface area contributed by atoms with Crippen LogP contribution in [0.15, 0.2) is 43.0 Å². The van der Waals surface area contributed by atoms with Crippen LogP contribution in [0.1, 0.15) is 58.8 Å². The molecule has 32 heavy (non-hydrogen) atoms. The van der Waals surface area contributed by atoms with Gasteiger partial charge in [0.15, 0.2) is 14.6 Å². The molecular weight excluding hydrogens is 420 g/mol. The number of benzene rings is 1. The van der Waals surface area contributed by atoms with Gasteiger partial charge in [0.05, 0.1) is 31.0 Å². The standard InChI is InChI=1S/C26H40O5Si/c1-8-26(5)23(30-26)16-21-20(31-32(6,7)25(2,3)4)15-14-19-22(28-21)17-27-24(29-19)18-12-10-9-11-13-18/h8-13,19-24H,1,14-17H2,2-7H3/t19-,20+,21-,22+,23+,24+,26+/m0/s1. The van der Waals surface area contributed by atoms with Crippen molar-refractivity contribution in [2.45, 2.75) is 108 Å². The molecule has 178 valence electrons. The van der Waals surface area contributed by atoms with E-state index >= 15 is 0 Å². The van der Waals surface area contributed by atoms with Crippen LogP contribution < -0.4 is 0 Å². The molecule has 3 heterocycles. The predicted molar refractivity (Wildman–Crippen MR) is 128 cm³/mol. The summed E-state index contributed by atoms with van der Waals surface area (Å²) in [6, 6.07) is 10.1. The molecule has 7 atom stereocenters. The molecule has 3 saturated heterocycles. The molecule has 0 spiro atoms. The minimum absolute atomic E-state index is 0.00428. The molecule has 1 aromatic rings. The number of rotatable bonds is 6. The van der Waals surface area contributed by atoms with Crippen LogP contribution in [0.4, 0.5) is 0 Å². The van der Waals surface area contributed by atoms with E-state index in [1.54, 1.807) is 0 Å². The normalized spacial score (nSPS) is 37.9. The van der Waals surface area contributed by atoms with Crippen LogP contribution in [0.25, 0.3) is 0 Å². The summed E-state index contributed by atoms with van der Waals surface area (Å²) in [5.41, 5.74) is 0.795. The number of ether oxygens (including phenoxy) is 4. The van der Waals surface area contributed by atoms with Crippen molar-refractivity contribution in [3.05, 3.63) is 48.6 Å². The number of hydrogen-bond donors (Lipinski definition) is 0. The Balaban J connectivity index is 1.50. The van der Waals surface area contributed by atoms with Gasteiger partial charge in [-0.15, -0.1) is 6.58 Å². The Hall–Kier alpha value is -1.02. The summed E-state index contributed by atoms with van der Waals surface area (Å²) in [4.78, 5) is 0. The molecule has 0 unspecified atom stereocenters. The maximum absolute atomic E-state index is 6.92. The highest BCUT2D eigenvalue weighted by molar-refractivity contribution is 6.74. The van der Waals surface area contributed by atoms with Crippen LogP contribution in [0.5, 0.6) is 0 Å². The van der Waals surface area contributed by atoms with Crippen LogP contribution >= 0.6 is 0 Å². The van der Waals surface area contributed by atoms with Gasteiger partial charge in [0.2, 0.25) is 0 Å². The number of hydrogen-bond acceptors (Lipinski definition) is 5. The second-order valence-corrected chi connectivity index (χ2v) is 15.9. The predicted octanol–water partition coefficient (Wildman–Crippen LogP) is 5.77. The third-order valence-electron chi connectivity index (χ3n) is 7.78. The third-order valence-corrected chi connectivity index (χ3v) is 12.3. The lowest BCUT2D eigenvalue weighted by Crippen LogP contribution is -2.48. The van der Waals surface area contributed by atoms with Gasteiger partial charge in [0, 0.05) is 12.0 Å². The van der Waals surface area contributed by atoms with Crippen molar-refractivity contribution in [3.8, 4) is 0 Å². The molecule has 0 amide bonds. The second kappa shape index (κ2) is 8.97. The fourth-order valence-corrected chi connectivity index (χ4v) is 5.79. The van der Waals surface area contributed by atoms with Crippen molar-refractivity contribution in [1.29, 1.82) is 0 Å². The summed E-state index contributed by atoms with van der Waals surface area (Å²) in [6.07, 6.45) is 4.17. The molecule has 4 rings (SSSR count). The molecular formula is C26H40O5Si. The summed E-state index contributed by atoms with van der Waals surface area (Å²) in [5.74, 6) is 0. The molecule has 0 saturated carbocycles. The summed E-state index contributed by atoms with van der Waals surface area (Å²) < 4.78 is 32.0. The summed E-state index contributed by atoms with van der Waals surface area (Å²) in [6.45, 7) is 18.0. The second-order valence-electron chi connectivity index (χ2n) is 11.2. The first kappa shape index (κ1) is 24.1. The molecule has 0 N–H and O–H groups in total. The highest BCUT2D eigenvalue weighted by Crippen LogP contribution is 2.45. The third kappa shape index (κ3) is 5.06. The van der Waals surface area contributed by atoms with E-state index in [-0.39, 0.29) is 47.4 Å². The maximum atomic E-state index is 6.92. The quantitative estimate of drug-likeness (QED) is 0.306. The average molecular weight is 461 g/mol. The Bertz CT molecular complexity index is 791. The summed E-state index contributed by atoms with van der Waals surface area (Å²) in [5, 5.41) is 0.139. The molecule has 0 aromatic heterocycles. The lowest BCUT2D eigenvalue weighted by atomic mass is 9.98. The van der Waals surface area contributed by atoms with E-state index in [4.69, 9.17) is 23.4 Å². The molecule has 0 bridgehead atoms. The van der Waals surface area contributed by atoms with Gasteiger partial charge in [-0.05, 0) is 37.9 Å². The van der Waals surface area contributed by atoms with Gasteiger partial charge < -0.3 is 23.4 Å². The Labute approximate surface area is 194 Å². The molecule has 1 aromatic carbocycles. The SMILES string of the molecule is C=C[C@@]1(C)O[C@@H]1C[C@@H]1O[C@@H]2CO[C@@H](c3ccccc3)O[C@H]2CC[C@H]1O[Si](C)(C)C(C)(C)C. The highest BCUT2D eigenvalue weighted by Gasteiger charge is 2.53. The Morgan fingerprint density at radius 2 is 1.84 bits per heavy atom. The minimum Gasteiger partial charge on any atom is -0.411 e. The number of fused-ring (bicyclic) bond motifs is 1. The van der Waals surface area contributed by atoms with Crippen molar-refractivity contribution in [1.82, 2.24) is 0 Å². The van der Waals surface area contributed by atoms with E-state index in [1.165, 1.54) is 0 Å². The van der Waals surface area contributed by atoms with E-state index < -0.39 is 8.32 Å². The largest absolute Gasteiger partial charge is 0.411 e. The maximum Gasteiger partial charge on any atom is 0.192 e. The van der Waals surface area contributed by atoms with Crippen LogP contribution in [-0.2, 0) is 23.4 Å². The monoisotopic (exact) mass is 460 g/mol. The minimum atomic E-state index is -1.96. The smallest absolute Gasteiger partial charge is 0.192 e. The highest BCUT2D eigenvalue weighted by atomic mass is 28.4. The van der Waals surface area contributed by atoms with Crippen LogP contribution in [0, 0.1) is 0 Å². The van der Waals surface area contributed by atoms with Gasteiger partial charge in [0.25, 0.3) is 0 Å². The molecule has 3 aliphatic heterocycles. The van der Waals surface area contributed by atoms with Gasteiger partial charge in [-0.2, -0.15) is 0 Å². The molecule has 3 fully saturated rings. The van der Waals surface area contributed by atoms with E-state index in [9.17, 15) is 0 Å². The first-order valence-corrected chi connectivity index (χ1v) is 14.9. The van der Waals surface area contributed by atoms with Crippen LogP contribution in [-0.4, -0.2) is 51.0 Å². The van der Waals surface area contributed by atoms with Gasteiger partial charge in [-0.1, -0.05) is 57.2 Å². The zero-order valence-electron chi connectivity index (χ0n) is 20.5. The van der Waals surface area contributed by atoms with Crippen LogP contribution in [0.3, 0.4) is 0 Å². The zero-order chi connectivity index (χ0) is 23.1. The topological polar surface area (TPSA) is 49.5 Å². The van der Waals surface area contributed by atoms with Crippen molar-refractivity contribution >= 4 is 8.32 Å². The molecule has 6 heteroatoms. The first-order valence-electron chi connectivity index (χ1n) is 12.0. The van der Waals surface area contributed by atoms with Crippen molar-refractivity contribution in [3.63, 3.8) is 0 Å². The van der Waals surface area contributed by atoms with Gasteiger partial charge in [-0.25, -0.2) is 0 Å². The molecule has 0 radical (unpaired) electrons. The van der Waals surface area contributed by atoms with Crippen molar-refractivity contribution < 1.29 is 23.4 Å². The summed E-state index contributed by atoms with van der Waals surface area (Å²) >= 11 is 0.